The van der Waals surface area contributed by atoms with Crippen LogP contribution in [-0.4, -0.2) is 36.2 Å². The third-order valence-corrected chi connectivity index (χ3v) is 3.99. The summed E-state index contributed by atoms with van der Waals surface area (Å²) in [5, 5.41) is 7.41. The van der Waals surface area contributed by atoms with Gasteiger partial charge in [0.05, 0.1) is 5.69 Å². The Kier molecular flexibility index (Phi) is 3.84. The maximum Gasteiger partial charge on any atom is 0.138 e. The lowest BCUT2D eigenvalue weighted by molar-refractivity contribution is 0.154. The van der Waals surface area contributed by atoms with Crippen LogP contribution in [0.15, 0.2) is 4.52 Å². The van der Waals surface area contributed by atoms with Gasteiger partial charge in [0.1, 0.15) is 5.76 Å². The number of aromatic nitrogens is 1. The van der Waals surface area contributed by atoms with Crippen molar-refractivity contribution in [2.24, 2.45) is 0 Å². The Hall–Kier alpha value is -0.870. The van der Waals surface area contributed by atoms with E-state index < -0.39 is 0 Å². The van der Waals surface area contributed by atoms with Crippen LogP contribution < -0.4 is 5.32 Å². The minimum atomic E-state index is 0.416. The summed E-state index contributed by atoms with van der Waals surface area (Å²) in [6.07, 6.45) is 2.45. The Bertz CT molecular complexity index is 347. The first-order valence-electron chi connectivity index (χ1n) is 6.47. The van der Waals surface area contributed by atoms with Crippen LogP contribution in [0.1, 0.15) is 42.8 Å². The van der Waals surface area contributed by atoms with Crippen molar-refractivity contribution in [1.29, 1.82) is 0 Å². The number of piperidine rings is 1. The van der Waals surface area contributed by atoms with Crippen LogP contribution in [0.3, 0.4) is 0 Å². The van der Waals surface area contributed by atoms with Gasteiger partial charge in [-0.15, -0.1) is 0 Å². The molecule has 1 N–H and O–H groups in total. The molecule has 1 fully saturated rings. The number of likely N-dealkylation sites (tertiary alicyclic amines) is 1. The van der Waals surface area contributed by atoms with Crippen LogP contribution in [0.4, 0.5) is 0 Å². The lowest BCUT2D eigenvalue weighted by Gasteiger charge is -2.35. The molecule has 4 nitrogen and oxygen atoms in total. The van der Waals surface area contributed by atoms with Gasteiger partial charge in [-0.2, -0.15) is 0 Å². The Morgan fingerprint density at radius 1 is 1.35 bits per heavy atom. The molecule has 2 rings (SSSR count). The number of hydrogen-bond acceptors (Lipinski definition) is 4. The monoisotopic (exact) mass is 237 g/mol. The summed E-state index contributed by atoms with van der Waals surface area (Å²) < 4.78 is 5.26. The highest BCUT2D eigenvalue weighted by molar-refractivity contribution is 5.24. The molecule has 1 aromatic heterocycles. The number of aryl methyl sites for hydroxylation is 2. The maximum atomic E-state index is 5.26. The van der Waals surface area contributed by atoms with Crippen LogP contribution in [0, 0.1) is 13.8 Å². The van der Waals surface area contributed by atoms with Gasteiger partial charge in [0, 0.05) is 30.7 Å². The lowest BCUT2D eigenvalue weighted by atomic mass is 9.99. The van der Waals surface area contributed by atoms with E-state index >= 15 is 0 Å². The maximum absolute atomic E-state index is 5.26. The minimum Gasteiger partial charge on any atom is -0.361 e. The van der Waals surface area contributed by atoms with Crippen molar-refractivity contribution in [2.45, 2.75) is 45.7 Å². The zero-order valence-corrected chi connectivity index (χ0v) is 11.3. The molecule has 96 valence electrons. The van der Waals surface area contributed by atoms with E-state index in [-0.39, 0.29) is 0 Å². The first-order chi connectivity index (χ1) is 8.13. The van der Waals surface area contributed by atoms with Gasteiger partial charge in [0.2, 0.25) is 0 Å². The molecule has 0 radical (unpaired) electrons. The minimum absolute atomic E-state index is 0.416. The summed E-state index contributed by atoms with van der Waals surface area (Å²) in [4.78, 5) is 2.53. The zero-order chi connectivity index (χ0) is 12.4. The largest absolute Gasteiger partial charge is 0.361 e. The van der Waals surface area contributed by atoms with E-state index in [0.29, 0.717) is 12.1 Å². The summed E-state index contributed by atoms with van der Waals surface area (Å²) in [6, 6.07) is 1.10. The summed E-state index contributed by atoms with van der Waals surface area (Å²) in [5.41, 5.74) is 2.30. The molecule has 4 heteroatoms. The predicted molar refractivity (Wildman–Crippen MR) is 68.0 cm³/mol. The second-order valence-electron chi connectivity index (χ2n) is 5.01. The highest BCUT2D eigenvalue weighted by Crippen LogP contribution is 2.28. The van der Waals surface area contributed by atoms with Crippen molar-refractivity contribution >= 4 is 0 Å². The molecule has 0 bridgehead atoms. The van der Waals surface area contributed by atoms with Gasteiger partial charge in [-0.05, 0) is 40.7 Å². The van der Waals surface area contributed by atoms with Crippen molar-refractivity contribution in [1.82, 2.24) is 15.4 Å². The smallest absolute Gasteiger partial charge is 0.138 e. The van der Waals surface area contributed by atoms with E-state index in [4.69, 9.17) is 4.52 Å². The summed E-state index contributed by atoms with van der Waals surface area (Å²) in [7, 11) is 2.05. The van der Waals surface area contributed by atoms with Crippen molar-refractivity contribution in [3.8, 4) is 0 Å². The molecule has 1 saturated heterocycles. The summed E-state index contributed by atoms with van der Waals surface area (Å²) in [6.45, 7) is 8.59. The SMILES string of the molecule is CNC1CCN(C(C)c2c(C)noc2C)CC1. The molecule has 1 aromatic rings. The van der Waals surface area contributed by atoms with Gasteiger partial charge in [0.25, 0.3) is 0 Å². The van der Waals surface area contributed by atoms with Gasteiger partial charge in [-0.3, -0.25) is 4.90 Å². The standard InChI is InChI=1S/C13H23N3O/c1-9-13(11(3)17-15-9)10(2)16-7-5-12(14-4)6-8-16/h10,12,14H,5-8H2,1-4H3. The van der Waals surface area contributed by atoms with Gasteiger partial charge < -0.3 is 9.84 Å². The van der Waals surface area contributed by atoms with E-state index in [0.717, 1.165) is 24.5 Å². The van der Waals surface area contributed by atoms with Crippen LogP contribution in [-0.2, 0) is 0 Å². The van der Waals surface area contributed by atoms with Crippen LogP contribution >= 0.6 is 0 Å². The molecule has 17 heavy (non-hydrogen) atoms. The average molecular weight is 237 g/mol. The number of nitrogens with one attached hydrogen (secondary N) is 1. The molecule has 1 aliphatic rings. The molecule has 1 atom stereocenters. The Balaban J connectivity index is 2.04. The van der Waals surface area contributed by atoms with E-state index in [1.54, 1.807) is 0 Å². The van der Waals surface area contributed by atoms with Crippen molar-refractivity contribution in [2.75, 3.05) is 20.1 Å². The molecule has 2 heterocycles. The number of hydrogen-bond donors (Lipinski definition) is 1. The molecule has 1 unspecified atom stereocenters. The van der Waals surface area contributed by atoms with Crippen molar-refractivity contribution in [3.05, 3.63) is 17.0 Å². The topological polar surface area (TPSA) is 41.3 Å². The van der Waals surface area contributed by atoms with Crippen molar-refractivity contribution < 1.29 is 4.52 Å². The van der Waals surface area contributed by atoms with Gasteiger partial charge >= 0.3 is 0 Å². The summed E-state index contributed by atoms with van der Waals surface area (Å²) in [5.74, 6) is 0.964. The lowest BCUT2D eigenvalue weighted by Crippen LogP contribution is -2.42. The predicted octanol–water partition coefficient (Wildman–Crippen LogP) is 2.04. The number of nitrogens with zero attached hydrogens (tertiary/aromatic N) is 2. The molecular formula is C13H23N3O. The second kappa shape index (κ2) is 5.19. The fourth-order valence-electron chi connectivity index (χ4n) is 2.84. The molecule has 0 aromatic carbocycles. The molecule has 0 saturated carbocycles. The normalized spacial score (nSPS) is 20.7. The first-order valence-corrected chi connectivity index (χ1v) is 6.47. The zero-order valence-electron chi connectivity index (χ0n) is 11.3. The van der Waals surface area contributed by atoms with Crippen molar-refractivity contribution in [3.63, 3.8) is 0 Å². The average Bonchev–Trinajstić information content (AvgIpc) is 2.68. The molecule has 1 aliphatic heterocycles. The van der Waals surface area contributed by atoms with Gasteiger partial charge in [-0.25, -0.2) is 0 Å². The molecule has 0 spiro atoms. The van der Waals surface area contributed by atoms with Gasteiger partial charge in [-0.1, -0.05) is 5.16 Å². The van der Waals surface area contributed by atoms with E-state index in [2.05, 4.69) is 29.3 Å². The molecule has 0 aliphatic carbocycles. The highest BCUT2D eigenvalue weighted by atomic mass is 16.5. The van der Waals surface area contributed by atoms with Crippen LogP contribution in [0.5, 0.6) is 0 Å². The Morgan fingerprint density at radius 3 is 2.47 bits per heavy atom. The molecular weight excluding hydrogens is 214 g/mol. The number of rotatable bonds is 3. The van der Waals surface area contributed by atoms with Gasteiger partial charge in [0.15, 0.2) is 0 Å². The fraction of sp³-hybridized carbons (Fsp3) is 0.769. The second-order valence-corrected chi connectivity index (χ2v) is 5.01. The third-order valence-electron chi connectivity index (χ3n) is 3.99. The van der Waals surface area contributed by atoms with Crippen LogP contribution in [0.2, 0.25) is 0 Å². The Morgan fingerprint density at radius 2 is 2.00 bits per heavy atom. The van der Waals surface area contributed by atoms with E-state index in [9.17, 15) is 0 Å². The Labute approximate surface area is 103 Å². The van der Waals surface area contributed by atoms with Crippen LogP contribution in [0.25, 0.3) is 0 Å². The quantitative estimate of drug-likeness (QED) is 0.873. The molecule has 0 amide bonds. The third kappa shape index (κ3) is 2.53. The summed E-state index contributed by atoms with van der Waals surface area (Å²) >= 11 is 0. The highest BCUT2D eigenvalue weighted by Gasteiger charge is 2.26. The van der Waals surface area contributed by atoms with E-state index in [1.807, 2.05) is 13.8 Å². The fourth-order valence-corrected chi connectivity index (χ4v) is 2.84. The van der Waals surface area contributed by atoms with E-state index in [1.165, 1.54) is 18.4 Å². The first kappa shape index (κ1) is 12.6.